The Balaban J connectivity index is 1.48. The summed E-state index contributed by atoms with van der Waals surface area (Å²) in [6, 6.07) is 22.0. The van der Waals surface area contributed by atoms with Crippen LogP contribution in [0.2, 0.25) is 0 Å². The minimum Gasteiger partial charge on any atom is -0.340 e. The molecule has 1 atom stereocenters. The number of carbonyl (C=O) groups excluding carboxylic acids is 2. The number of rotatable bonds is 5. The highest BCUT2D eigenvalue weighted by Crippen LogP contribution is 2.40. The number of para-hydroxylation sites is 1. The Hall–Kier alpha value is -3.91. The highest BCUT2D eigenvalue weighted by Gasteiger charge is 2.37. The molecular weight excluding hydrogens is 475 g/mol. The Morgan fingerprint density at radius 2 is 1.69 bits per heavy atom. The maximum atomic E-state index is 13.6. The largest absolute Gasteiger partial charge is 0.340 e. The molecule has 0 radical (unpaired) electrons. The molecule has 2 N–H and O–H groups in total. The van der Waals surface area contributed by atoms with Crippen molar-refractivity contribution in [1.82, 2.24) is 4.90 Å². The second kappa shape index (κ2) is 10.4. The van der Waals surface area contributed by atoms with Crippen LogP contribution in [0.4, 0.5) is 15.8 Å². The minimum atomic E-state index is -0.470. The summed E-state index contributed by atoms with van der Waals surface area (Å²) in [5.74, 6) is -0.108. The highest BCUT2D eigenvalue weighted by molar-refractivity contribution is 8.13. The van der Waals surface area contributed by atoms with Gasteiger partial charge in [0.2, 0.25) is 0 Å². The molecule has 0 saturated carbocycles. The summed E-state index contributed by atoms with van der Waals surface area (Å²) in [5.41, 5.74) is 3.61. The number of nitrogens with one attached hydrogen (secondary N) is 2. The number of hydrogen-bond acceptors (Lipinski definition) is 5. The van der Waals surface area contributed by atoms with E-state index < -0.39 is 11.7 Å². The molecule has 0 aliphatic carbocycles. The van der Waals surface area contributed by atoms with Crippen molar-refractivity contribution in [2.75, 3.05) is 22.9 Å². The van der Waals surface area contributed by atoms with Gasteiger partial charge >= 0.3 is 0 Å². The molecule has 8 heteroatoms. The van der Waals surface area contributed by atoms with E-state index in [1.807, 2.05) is 55.5 Å². The summed E-state index contributed by atoms with van der Waals surface area (Å²) < 4.78 is 13.6. The van der Waals surface area contributed by atoms with Gasteiger partial charge in [-0.25, -0.2) is 9.38 Å². The van der Waals surface area contributed by atoms with E-state index in [-0.39, 0.29) is 17.5 Å². The summed E-state index contributed by atoms with van der Waals surface area (Å²) in [4.78, 5) is 33.2. The number of thioether (sulfide) groups is 1. The van der Waals surface area contributed by atoms with E-state index in [1.54, 1.807) is 23.9 Å². The zero-order chi connectivity index (χ0) is 25.1. The number of halogens is 1. The Bertz CT molecular complexity index is 1370. The molecule has 1 fully saturated rings. The van der Waals surface area contributed by atoms with Crippen LogP contribution in [0.25, 0.3) is 0 Å². The van der Waals surface area contributed by atoms with Crippen molar-refractivity contribution in [1.29, 1.82) is 0 Å². The topological polar surface area (TPSA) is 73.8 Å². The van der Waals surface area contributed by atoms with E-state index in [2.05, 4.69) is 15.5 Å². The third kappa shape index (κ3) is 5.04. The van der Waals surface area contributed by atoms with Gasteiger partial charge in [0.05, 0.1) is 17.3 Å². The summed E-state index contributed by atoms with van der Waals surface area (Å²) in [7, 11) is 0. The lowest BCUT2D eigenvalue weighted by Crippen LogP contribution is -2.43. The predicted molar refractivity (Wildman–Crippen MR) is 143 cm³/mol. The SMILES string of the molecule is CC1=C(C(=O)Nc2ccccc2)C(c2cccc(NC(=O)c3cccc(F)c3)c2)N2CCCSC2=N1. The second-order valence-electron chi connectivity index (χ2n) is 8.60. The Kier molecular flexibility index (Phi) is 6.86. The maximum absolute atomic E-state index is 13.6. The number of amidine groups is 1. The van der Waals surface area contributed by atoms with Crippen molar-refractivity contribution in [2.45, 2.75) is 19.4 Å². The summed E-state index contributed by atoms with van der Waals surface area (Å²) in [5, 5.41) is 6.76. The van der Waals surface area contributed by atoms with Gasteiger partial charge in [-0.05, 0) is 61.4 Å². The molecule has 2 aliphatic heterocycles. The Morgan fingerprint density at radius 3 is 2.50 bits per heavy atom. The fourth-order valence-corrected chi connectivity index (χ4v) is 5.46. The van der Waals surface area contributed by atoms with Gasteiger partial charge in [0.1, 0.15) is 5.82 Å². The molecule has 0 aromatic heterocycles. The van der Waals surface area contributed by atoms with Crippen LogP contribution in [0.1, 0.15) is 35.3 Å². The lowest BCUT2D eigenvalue weighted by atomic mass is 9.93. The van der Waals surface area contributed by atoms with Crippen molar-refractivity contribution in [2.24, 2.45) is 4.99 Å². The number of nitrogens with zero attached hydrogens (tertiary/aromatic N) is 2. The van der Waals surface area contributed by atoms with Crippen molar-refractivity contribution < 1.29 is 14.0 Å². The first-order valence-electron chi connectivity index (χ1n) is 11.7. The number of amides is 2. The number of hydrogen-bond donors (Lipinski definition) is 2. The number of carbonyl (C=O) groups is 2. The average Bonchev–Trinajstić information content (AvgIpc) is 2.88. The molecule has 6 nitrogen and oxygen atoms in total. The lowest BCUT2D eigenvalue weighted by Gasteiger charge is -2.41. The molecule has 1 saturated heterocycles. The van der Waals surface area contributed by atoms with E-state index in [0.29, 0.717) is 22.6 Å². The summed E-state index contributed by atoms with van der Waals surface area (Å²) in [6.45, 7) is 2.63. The van der Waals surface area contributed by atoms with Crippen molar-refractivity contribution >= 4 is 40.1 Å². The van der Waals surface area contributed by atoms with Crippen LogP contribution in [0.15, 0.2) is 95.1 Å². The molecule has 2 heterocycles. The van der Waals surface area contributed by atoms with Gasteiger partial charge in [-0.2, -0.15) is 0 Å². The van der Waals surface area contributed by atoms with Gasteiger partial charge in [0.25, 0.3) is 11.8 Å². The number of aliphatic imine (C=N–C) groups is 1. The average molecular weight is 501 g/mol. The summed E-state index contributed by atoms with van der Waals surface area (Å²) >= 11 is 1.69. The van der Waals surface area contributed by atoms with E-state index in [4.69, 9.17) is 4.99 Å². The molecule has 3 aromatic rings. The van der Waals surface area contributed by atoms with Gasteiger partial charge in [-0.1, -0.05) is 48.2 Å². The van der Waals surface area contributed by atoms with Crippen LogP contribution in [-0.4, -0.2) is 34.2 Å². The monoisotopic (exact) mass is 500 g/mol. The van der Waals surface area contributed by atoms with E-state index >= 15 is 0 Å². The van der Waals surface area contributed by atoms with Crippen LogP contribution in [0.5, 0.6) is 0 Å². The zero-order valence-electron chi connectivity index (χ0n) is 19.7. The normalized spacial score (nSPS) is 17.2. The van der Waals surface area contributed by atoms with Gasteiger partial charge in [0.15, 0.2) is 5.17 Å². The molecule has 0 spiro atoms. The summed E-state index contributed by atoms with van der Waals surface area (Å²) in [6.07, 6.45) is 0.975. The maximum Gasteiger partial charge on any atom is 0.255 e. The molecule has 2 aliphatic rings. The fraction of sp³-hybridized carbons (Fsp3) is 0.179. The first kappa shape index (κ1) is 23.8. The fourth-order valence-electron chi connectivity index (χ4n) is 4.44. The number of benzene rings is 3. The first-order chi connectivity index (χ1) is 17.5. The van der Waals surface area contributed by atoms with Crippen LogP contribution in [-0.2, 0) is 4.79 Å². The zero-order valence-corrected chi connectivity index (χ0v) is 20.5. The predicted octanol–water partition coefficient (Wildman–Crippen LogP) is 5.84. The van der Waals surface area contributed by atoms with Crippen LogP contribution in [0, 0.1) is 5.82 Å². The lowest BCUT2D eigenvalue weighted by molar-refractivity contribution is -0.113. The molecule has 5 rings (SSSR count). The Morgan fingerprint density at radius 1 is 0.944 bits per heavy atom. The molecule has 182 valence electrons. The van der Waals surface area contributed by atoms with Gasteiger partial charge < -0.3 is 15.5 Å². The van der Waals surface area contributed by atoms with Crippen molar-refractivity contribution in [3.05, 3.63) is 107 Å². The third-order valence-electron chi connectivity index (χ3n) is 6.08. The smallest absolute Gasteiger partial charge is 0.255 e. The molecule has 36 heavy (non-hydrogen) atoms. The minimum absolute atomic E-state index is 0.212. The molecular formula is C28H25FN4O2S. The number of allylic oxidation sites excluding steroid dienone is 1. The van der Waals surface area contributed by atoms with Crippen LogP contribution in [0.3, 0.4) is 0 Å². The first-order valence-corrected chi connectivity index (χ1v) is 12.7. The molecule has 0 bridgehead atoms. The van der Waals surface area contributed by atoms with Crippen molar-refractivity contribution in [3.8, 4) is 0 Å². The van der Waals surface area contributed by atoms with Crippen LogP contribution < -0.4 is 10.6 Å². The van der Waals surface area contributed by atoms with Gasteiger partial charge in [0, 0.05) is 29.2 Å². The third-order valence-corrected chi connectivity index (χ3v) is 7.16. The number of anilines is 2. The molecule has 1 unspecified atom stereocenters. The quantitative estimate of drug-likeness (QED) is 0.462. The Labute approximate surface area is 213 Å². The molecule has 3 aromatic carbocycles. The second-order valence-corrected chi connectivity index (χ2v) is 9.66. The van der Waals surface area contributed by atoms with Gasteiger partial charge in [-0.15, -0.1) is 0 Å². The van der Waals surface area contributed by atoms with E-state index in [9.17, 15) is 14.0 Å². The standard InChI is InChI=1S/C28H25FN4O2S/c1-18-24(27(35)31-22-11-3-2-4-12-22)25(33-14-7-15-36-28(33)30-18)19-8-6-13-23(17-19)32-26(34)20-9-5-10-21(29)16-20/h2-6,8-13,16-17,25H,7,14-15H2,1H3,(H,31,35)(H,32,34). The van der Waals surface area contributed by atoms with E-state index in [0.717, 1.165) is 29.4 Å². The highest BCUT2D eigenvalue weighted by atomic mass is 32.2. The van der Waals surface area contributed by atoms with Gasteiger partial charge in [-0.3, -0.25) is 9.59 Å². The van der Waals surface area contributed by atoms with Crippen molar-refractivity contribution in [3.63, 3.8) is 0 Å². The van der Waals surface area contributed by atoms with E-state index in [1.165, 1.54) is 18.2 Å². The molecule has 2 amide bonds. The van der Waals surface area contributed by atoms with Crippen LogP contribution >= 0.6 is 11.8 Å². The number of fused-ring (bicyclic) bond motifs is 1.